The fourth-order valence-electron chi connectivity index (χ4n) is 1.26. The molecule has 0 amide bonds. The van der Waals surface area contributed by atoms with E-state index in [1.807, 2.05) is 0 Å². The molecule has 1 heteroatoms. The first-order valence-electron chi connectivity index (χ1n) is 3.67. The van der Waals surface area contributed by atoms with E-state index < -0.39 is 0 Å². The number of hydrogen-bond acceptors (Lipinski definition) is 1. The first-order valence-corrected chi connectivity index (χ1v) is 3.67. The van der Waals surface area contributed by atoms with Crippen molar-refractivity contribution in [3.05, 3.63) is 11.6 Å². The molecular weight excluding hydrogens is 110 g/mol. The topological polar surface area (TPSA) is 12.0 Å². The Morgan fingerprint density at radius 2 is 2.33 bits per heavy atom. The fourth-order valence-corrected chi connectivity index (χ4v) is 1.26. The van der Waals surface area contributed by atoms with Crippen molar-refractivity contribution in [1.29, 1.82) is 0 Å². The Morgan fingerprint density at radius 3 is 2.78 bits per heavy atom. The third kappa shape index (κ3) is 2.19. The van der Waals surface area contributed by atoms with Crippen molar-refractivity contribution in [2.24, 2.45) is 0 Å². The molecule has 0 aromatic heterocycles. The van der Waals surface area contributed by atoms with Crippen LogP contribution in [0.3, 0.4) is 0 Å². The van der Waals surface area contributed by atoms with E-state index in [-0.39, 0.29) is 0 Å². The summed E-state index contributed by atoms with van der Waals surface area (Å²) < 4.78 is 0. The second-order valence-electron chi connectivity index (χ2n) is 2.95. The van der Waals surface area contributed by atoms with Crippen molar-refractivity contribution in [3.63, 3.8) is 0 Å². The smallest absolute Gasteiger partial charge is 0.0252 e. The van der Waals surface area contributed by atoms with Crippen LogP contribution in [0.15, 0.2) is 11.6 Å². The van der Waals surface area contributed by atoms with Gasteiger partial charge in [0.25, 0.3) is 0 Å². The molecule has 1 aliphatic heterocycles. The van der Waals surface area contributed by atoms with Crippen LogP contribution in [0.25, 0.3) is 0 Å². The summed E-state index contributed by atoms with van der Waals surface area (Å²) in [5.41, 5.74) is 1.43. The number of nitrogens with one attached hydrogen (secondary N) is 1. The summed E-state index contributed by atoms with van der Waals surface area (Å²) in [6.45, 7) is 5.51. The monoisotopic (exact) mass is 125 g/mol. The number of rotatable bonds is 1. The highest BCUT2D eigenvalue weighted by Crippen LogP contribution is 2.07. The maximum atomic E-state index is 3.41. The minimum absolute atomic E-state index is 0.676. The molecule has 1 fully saturated rings. The molecule has 0 spiro atoms. The highest BCUT2D eigenvalue weighted by molar-refractivity contribution is 5.02. The van der Waals surface area contributed by atoms with Crippen molar-refractivity contribution in [1.82, 2.24) is 5.32 Å². The number of allylic oxidation sites excluding steroid dienone is 1. The highest BCUT2D eigenvalue weighted by Gasteiger charge is 2.09. The highest BCUT2D eigenvalue weighted by atomic mass is 14.9. The molecule has 1 atom stereocenters. The standard InChI is InChI=1S/C8H15N/c1-7(2)6-8-4-3-5-9-8/h6,8-9H,3-5H2,1-2H3/t8-/m1/s1. The van der Waals surface area contributed by atoms with Gasteiger partial charge in [0.15, 0.2) is 0 Å². The Hall–Kier alpha value is -0.300. The molecule has 9 heavy (non-hydrogen) atoms. The first-order chi connectivity index (χ1) is 4.29. The van der Waals surface area contributed by atoms with Crippen LogP contribution in [0, 0.1) is 0 Å². The molecule has 0 aliphatic carbocycles. The van der Waals surface area contributed by atoms with Crippen molar-refractivity contribution >= 4 is 0 Å². The van der Waals surface area contributed by atoms with Gasteiger partial charge in [-0.3, -0.25) is 0 Å². The zero-order chi connectivity index (χ0) is 6.69. The van der Waals surface area contributed by atoms with Crippen molar-refractivity contribution < 1.29 is 0 Å². The molecule has 0 saturated carbocycles. The summed E-state index contributed by atoms with van der Waals surface area (Å²) in [4.78, 5) is 0. The minimum Gasteiger partial charge on any atom is -0.311 e. The van der Waals surface area contributed by atoms with Gasteiger partial charge in [-0.05, 0) is 33.2 Å². The molecule has 1 heterocycles. The van der Waals surface area contributed by atoms with Crippen LogP contribution in [-0.4, -0.2) is 12.6 Å². The van der Waals surface area contributed by atoms with E-state index in [1.54, 1.807) is 0 Å². The van der Waals surface area contributed by atoms with Crippen LogP contribution in [-0.2, 0) is 0 Å². The van der Waals surface area contributed by atoms with Gasteiger partial charge in [-0.15, -0.1) is 0 Å². The van der Waals surface area contributed by atoms with Crippen molar-refractivity contribution in [2.45, 2.75) is 32.7 Å². The lowest BCUT2D eigenvalue weighted by molar-refractivity contribution is 0.722. The van der Waals surface area contributed by atoms with E-state index in [0.717, 1.165) is 0 Å². The van der Waals surface area contributed by atoms with Crippen molar-refractivity contribution in [2.75, 3.05) is 6.54 Å². The summed E-state index contributed by atoms with van der Waals surface area (Å²) in [7, 11) is 0. The Balaban J connectivity index is 2.35. The fraction of sp³-hybridized carbons (Fsp3) is 0.750. The molecule has 0 aromatic carbocycles. The normalized spacial score (nSPS) is 26.2. The van der Waals surface area contributed by atoms with E-state index >= 15 is 0 Å². The molecular formula is C8H15N. The summed E-state index contributed by atoms with van der Waals surface area (Å²) in [5, 5.41) is 3.41. The second kappa shape index (κ2) is 3.02. The summed E-state index contributed by atoms with van der Waals surface area (Å²) in [5.74, 6) is 0. The Kier molecular flexibility index (Phi) is 2.29. The zero-order valence-corrected chi connectivity index (χ0v) is 6.28. The molecule has 0 bridgehead atoms. The van der Waals surface area contributed by atoms with Gasteiger partial charge in [0, 0.05) is 6.04 Å². The molecule has 0 unspecified atom stereocenters. The van der Waals surface area contributed by atoms with E-state index in [2.05, 4.69) is 25.2 Å². The lowest BCUT2D eigenvalue weighted by Gasteiger charge is -2.02. The van der Waals surface area contributed by atoms with Gasteiger partial charge in [0.1, 0.15) is 0 Å². The molecule has 0 aromatic rings. The Bertz CT molecular complexity index is 106. The molecule has 52 valence electrons. The minimum atomic E-state index is 0.676. The maximum Gasteiger partial charge on any atom is 0.0252 e. The molecule has 1 N–H and O–H groups in total. The van der Waals surface area contributed by atoms with Crippen molar-refractivity contribution in [3.8, 4) is 0 Å². The maximum absolute atomic E-state index is 3.41. The SMILES string of the molecule is CC(C)=C[C@H]1CCCN1. The third-order valence-corrected chi connectivity index (χ3v) is 1.63. The van der Waals surface area contributed by atoms with Gasteiger partial charge in [-0.25, -0.2) is 0 Å². The van der Waals surface area contributed by atoms with E-state index in [0.29, 0.717) is 6.04 Å². The zero-order valence-electron chi connectivity index (χ0n) is 6.28. The molecule has 1 saturated heterocycles. The van der Waals surface area contributed by atoms with Gasteiger partial charge in [-0.2, -0.15) is 0 Å². The molecule has 1 rings (SSSR count). The van der Waals surface area contributed by atoms with Gasteiger partial charge in [0.2, 0.25) is 0 Å². The van der Waals surface area contributed by atoms with E-state index in [4.69, 9.17) is 0 Å². The summed E-state index contributed by atoms with van der Waals surface area (Å²) in [6.07, 6.45) is 4.98. The van der Waals surface area contributed by atoms with Crippen LogP contribution < -0.4 is 5.32 Å². The molecule has 0 radical (unpaired) electrons. The van der Waals surface area contributed by atoms with Gasteiger partial charge in [-0.1, -0.05) is 11.6 Å². The molecule has 1 aliphatic rings. The Morgan fingerprint density at radius 1 is 1.56 bits per heavy atom. The predicted molar refractivity (Wildman–Crippen MR) is 40.5 cm³/mol. The Labute approximate surface area is 57.1 Å². The lowest BCUT2D eigenvalue weighted by Crippen LogP contribution is -2.18. The van der Waals surface area contributed by atoms with E-state index in [9.17, 15) is 0 Å². The van der Waals surface area contributed by atoms with Gasteiger partial charge < -0.3 is 5.32 Å². The van der Waals surface area contributed by atoms with Gasteiger partial charge in [0.05, 0.1) is 0 Å². The average molecular weight is 125 g/mol. The summed E-state index contributed by atoms with van der Waals surface area (Å²) >= 11 is 0. The summed E-state index contributed by atoms with van der Waals surface area (Å²) in [6, 6.07) is 0.676. The first kappa shape index (κ1) is 6.81. The lowest BCUT2D eigenvalue weighted by atomic mass is 10.2. The van der Waals surface area contributed by atoms with Crippen LogP contribution in [0.1, 0.15) is 26.7 Å². The van der Waals surface area contributed by atoms with Crippen LogP contribution >= 0.6 is 0 Å². The predicted octanol–water partition coefficient (Wildman–Crippen LogP) is 1.70. The largest absolute Gasteiger partial charge is 0.311 e. The number of hydrogen-bond donors (Lipinski definition) is 1. The van der Waals surface area contributed by atoms with E-state index in [1.165, 1.54) is 25.0 Å². The van der Waals surface area contributed by atoms with Crippen LogP contribution in [0.2, 0.25) is 0 Å². The second-order valence-corrected chi connectivity index (χ2v) is 2.95. The average Bonchev–Trinajstić information content (AvgIpc) is 2.15. The van der Waals surface area contributed by atoms with Gasteiger partial charge >= 0.3 is 0 Å². The molecule has 1 nitrogen and oxygen atoms in total. The van der Waals surface area contributed by atoms with Crippen LogP contribution in [0.4, 0.5) is 0 Å². The third-order valence-electron chi connectivity index (χ3n) is 1.63. The van der Waals surface area contributed by atoms with Crippen LogP contribution in [0.5, 0.6) is 0 Å². The quantitative estimate of drug-likeness (QED) is 0.526.